The molecule has 0 unspecified atom stereocenters. The quantitative estimate of drug-likeness (QED) is 0.782. The topological polar surface area (TPSA) is 80.4 Å². The fourth-order valence-electron chi connectivity index (χ4n) is 1.39. The van der Waals surface area contributed by atoms with E-state index < -0.39 is 5.97 Å². The zero-order chi connectivity index (χ0) is 11.0. The Balaban J connectivity index is 2.77. The van der Waals surface area contributed by atoms with Crippen LogP contribution in [-0.2, 0) is 6.42 Å². The number of nitrogens with zero attached hydrogens (tertiary/aromatic N) is 4. The first-order valence-corrected chi connectivity index (χ1v) is 4.58. The van der Waals surface area contributed by atoms with Gasteiger partial charge in [-0.25, -0.2) is 4.79 Å². The van der Waals surface area contributed by atoms with Crippen LogP contribution in [0.15, 0.2) is 6.07 Å². The van der Waals surface area contributed by atoms with E-state index in [2.05, 4.69) is 15.3 Å². The van der Waals surface area contributed by atoms with Crippen LogP contribution in [0.2, 0.25) is 0 Å². The van der Waals surface area contributed by atoms with Gasteiger partial charge < -0.3 is 5.11 Å². The number of aromatic nitrogens is 4. The van der Waals surface area contributed by atoms with Crippen LogP contribution in [0.1, 0.15) is 28.8 Å². The number of carbonyl (C=O) groups is 1. The number of carboxylic acids is 1. The molecule has 0 aromatic carbocycles. The second-order valence-corrected chi connectivity index (χ2v) is 3.22. The van der Waals surface area contributed by atoms with Gasteiger partial charge in [0.1, 0.15) is 0 Å². The number of aromatic carboxylic acids is 1. The summed E-state index contributed by atoms with van der Waals surface area (Å²) < 4.78 is 1.48. The van der Waals surface area contributed by atoms with Crippen LogP contribution in [-0.4, -0.2) is 30.9 Å². The van der Waals surface area contributed by atoms with E-state index in [4.69, 9.17) is 5.11 Å². The number of hydrogen-bond acceptors (Lipinski definition) is 4. The molecule has 0 fully saturated rings. The maximum Gasteiger partial charge on any atom is 0.356 e. The highest BCUT2D eigenvalue weighted by atomic mass is 16.4. The van der Waals surface area contributed by atoms with Gasteiger partial charge in [0.2, 0.25) is 0 Å². The first-order chi connectivity index (χ1) is 7.13. The molecule has 15 heavy (non-hydrogen) atoms. The van der Waals surface area contributed by atoms with Crippen LogP contribution in [0.5, 0.6) is 0 Å². The second-order valence-electron chi connectivity index (χ2n) is 3.22. The van der Waals surface area contributed by atoms with Crippen molar-refractivity contribution in [1.82, 2.24) is 19.8 Å². The number of hydrogen-bond donors (Lipinski definition) is 1. The van der Waals surface area contributed by atoms with Crippen molar-refractivity contribution >= 4 is 11.6 Å². The SMILES string of the molecule is CCc1nnc2c(C)cc(C(=O)O)nn12. The molecule has 0 atom stereocenters. The van der Waals surface area contributed by atoms with Crippen molar-refractivity contribution in [3.63, 3.8) is 0 Å². The van der Waals surface area contributed by atoms with Gasteiger partial charge in [-0.15, -0.1) is 10.2 Å². The van der Waals surface area contributed by atoms with E-state index in [1.165, 1.54) is 10.6 Å². The third kappa shape index (κ3) is 1.43. The van der Waals surface area contributed by atoms with Gasteiger partial charge in [-0.2, -0.15) is 9.61 Å². The Hall–Kier alpha value is -1.98. The molecule has 78 valence electrons. The monoisotopic (exact) mass is 206 g/mol. The molecule has 0 bridgehead atoms. The molecule has 6 nitrogen and oxygen atoms in total. The van der Waals surface area contributed by atoms with Crippen LogP contribution in [0, 0.1) is 6.92 Å². The van der Waals surface area contributed by atoms with Crippen molar-refractivity contribution in [3.05, 3.63) is 23.1 Å². The summed E-state index contributed by atoms with van der Waals surface area (Å²) in [7, 11) is 0. The Morgan fingerprint density at radius 2 is 2.27 bits per heavy atom. The molecule has 0 spiro atoms. The molecular weight excluding hydrogens is 196 g/mol. The van der Waals surface area contributed by atoms with Gasteiger partial charge in [0.25, 0.3) is 0 Å². The minimum Gasteiger partial charge on any atom is -0.476 e. The average molecular weight is 206 g/mol. The highest BCUT2D eigenvalue weighted by Gasteiger charge is 2.12. The van der Waals surface area contributed by atoms with Gasteiger partial charge in [-0.05, 0) is 18.6 Å². The highest BCUT2D eigenvalue weighted by Crippen LogP contribution is 2.09. The summed E-state index contributed by atoms with van der Waals surface area (Å²) in [6, 6.07) is 1.49. The third-order valence-electron chi connectivity index (χ3n) is 2.15. The van der Waals surface area contributed by atoms with Crippen LogP contribution < -0.4 is 0 Å². The van der Waals surface area contributed by atoms with Crippen molar-refractivity contribution in [1.29, 1.82) is 0 Å². The summed E-state index contributed by atoms with van der Waals surface area (Å²) in [6.07, 6.45) is 0.663. The molecule has 0 radical (unpaired) electrons. The normalized spacial score (nSPS) is 10.8. The minimum atomic E-state index is -1.05. The van der Waals surface area contributed by atoms with Gasteiger partial charge in [0, 0.05) is 6.42 Å². The van der Waals surface area contributed by atoms with Gasteiger partial charge in [0.05, 0.1) is 0 Å². The lowest BCUT2D eigenvalue weighted by Gasteiger charge is -2.00. The molecule has 2 aromatic heterocycles. The van der Waals surface area contributed by atoms with E-state index in [0.717, 1.165) is 5.56 Å². The maximum absolute atomic E-state index is 10.8. The van der Waals surface area contributed by atoms with E-state index in [9.17, 15) is 4.79 Å². The predicted octanol–water partition coefficient (Wildman–Crippen LogP) is 0.693. The Bertz CT molecular complexity index is 532. The molecule has 6 heteroatoms. The average Bonchev–Trinajstić information content (AvgIpc) is 2.60. The van der Waals surface area contributed by atoms with Crippen LogP contribution >= 0.6 is 0 Å². The second kappa shape index (κ2) is 3.30. The highest BCUT2D eigenvalue weighted by molar-refractivity contribution is 5.85. The molecule has 1 N–H and O–H groups in total. The molecule has 0 saturated heterocycles. The molecule has 0 aliphatic carbocycles. The Morgan fingerprint density at radius 3 is 2.87 bits per heavy atom. The minimum absolute atomic E-state index is 0.00880. The lowest BCUT2D eigenvalue weighted by molar-refractivity contribution is 0.0688. The van der Waals surface area contributed by atoms with E-state index in [1.807, 2.05) is 6.92 Å². The maximum atomic E-state index is 10.8. The summed E-state index contributed by atoms with van der Waals surface area (Å²) in [5.41, 5.74) is 1.38. The van der Waals surface area contributed by atoms with E-state index in [1.54, 1.807) is 6.92 Å². The smallest absolute Gasteiger partial charge is 0.356 e. The first-order valence-electron chi connectivity index (χ1n) is 4.58. The van der Waals surface area contributed by atoms with Crippen molar-refractivity contribution in [3.8, 4) is 0 Å². The van der Waals surface area contributed by atoms with Gasteiger partial charge in [0.15, 0.2) is 17.2 Å². The van der Waals surface area contributed by atoms with Gasteiger partial charge in [-0.1, -0.05) is 6.92 Å². The predicted molar refractivity (Wildman–Crippen MR) is 51.9 cm³/mol. The van der Waals surface area contributed by atoms with Crippen LogP contribution in [0.25, 0.3) is 5.65 Å². The van der Waals surface area contributed by atoms with Crippen LogP contribution in [0.3, 0.4) is 0 Å². The number of rotatable bonds is 2. The van der Waals surface area contributed by atoms with Crippen molar-refractivity contribution in [2.45, 2.75) is 20.3 Å². The Morgan fingerprint density at radius 1 is 1.53 bits per heavy atom. The summed E-state index contributed by atoms with van der Waals surface area (Å²) in [5, 5.41) is 20.7. The van der Waals surface area contributed by atoms with E-state index >= 15 is 0 Å². The van der Waals surface area contributed by atoms with Crippen molar-refractivity contribution in [2.75, 3.05) is 0 Å². The summed E-state index contributed by atoms with van der Waals surface area (Å²) >= 11 is 0. The first kappa shape index (κ1) is 9.57. The zero-order valence-electron chi connectivity index (χ0n) is 8.43. The third-order valence-corrected chi connectivity index (χ3v) is 2.15. The standard InChI is InChI=1S/C9H10N4O2/c1-3-7-10-11-8-5(2)4-6(9(14)15)12-13(7)8/h4H,3H2,1-2H3,(H,14,15). The lowest BCUT2D eigenvalue weighted by atomic mass is 10.3. The van der Waals surface area contributed by atoms with Crippen molar-refractivity contribution < 1.29 is 9.90 Å². The Kier molecular flexibility index (Phi) is 2.11. The molecule has 2 aromatic rings. The van der Waals surface area contributed by atoms with Gasteiger partial charge in [-0.3, -0.25) is 0 Å². The van der Waals surface area contributed by atoms with Gasteiger partial charge >= 0.3 is 5.97 Å². The van der Waals surface area contributed by atoms with Crippen molar-refractivity contribution in [2.24, 2.45) is 0 Å². The van der Waals surface area contributed by atoms with Crippen LogP contribution in [0.4, 0.5) is 0 Å². The molecule has 2 rings (SSSR count). The van der Waals surface area contributed by atoms with E-state index in [-0.39, 0.29) is 5.69 Å². The molecule has 0 saturated carbocycles. The molecule has 0 amide bonds. The summed E-state index contributed by atoms with van der Waals surface area (Å²) in [6.45, 7) is 3.71. The molecular formula is C9H10N4O2. The molecule has 2 heterocycles. The molecule has 0 aliphatic rings. The summed E-state index contributed by atoms with van der Waals surface area (Å²) in [5.74, 6) is -0.382. The largest absolute Gasteiger partial charge is 0.476 e. The number of fused-ring (bicyclic) bond motifs is 1. The fraction of sp³-hybridized carbons (Fsp3) is 0.333. The number of carboxylic acid groups (broad SMARTS) is 1. The zero-order valence-corrected chi connectivity index (χ0v) is 8.43. The van der Waals surface area contributed by atoms with E-state index in [0.29, 0.717) is 17.9 Å². The fourth-order valence-corrected chi connectivity index (χ4v) is 1.39. The summed E-state index contributed by atoms with van der Waals surface area (Å²) in [4.78, 5) is 10.8. The Labute approximate surface area is 85.6 Å². The number of aryl methyl sites for hydroxylation is 2. The lowest BCUT2D eigenvalue weighted by Crippen LogP contribution is -2.07. The molecule has 0 aliphatic heterocycles.